The molecular formula is C16H33N3. The van der Waals surface area contributed by atoms with E-state index >= 15 is 0 Å². The van der Waals surface area contributed by atoms with Gasteiger partial charge < -0.3 is 5.73 Å². The molecule has 1 heterocycles. The first kappa shape index (κ1) is 15.3. The molecule has 0 aromatic rings. The molecule has 0 aromatic carbocycles. The normalized spacial score (nSPS) is 33.0. The second-order valence-corrected chi connectivity index (χ2v) is 6.67. The second-order valence-electron chi connectivity index (χ2n) is 6.67. The van der Waals surface area contributed by atoms with Crippen LogP contribution < -0.4 is 5.73 Å². The zero-order valence-corrected chi connectivity index (χ0v) is 13.0. The lowest BCUT2D eigenvalue weighted by Crippen LogP contribution is -2.45. The standard InChI is InChI=1S/C16H33N3/c1-14-10-12-19(13-16(9-11-17)18(14)2)15-7-5-3-4-6-8-15/h14-16H,3-13,17H2,1-2H3. The molecule has 1 aliphatic heterocycles. The molecule has 2 N–H and O–H groups in total. The smallest absolute Gasteiger partial charge is 0.0235 e. The van der Waals surface area contributed by atoms with Crippen molar-refractivity contribution in [2.45, 2.75) is 76.4 Å². The van der Waals surface area contributed by atoms with Crippen LogP contribution in [0.2, 0.25) is 0 Å². The Labute approximate surface area is 119 Å². The fourth-order valence-electron chi connectivity index (χ4n) is 3.85. The third-order valence-corrected chi connectivity index (χ3v) is 5.39. The molecule has 3 heteroatoms. The predicted molar refractivity (Wildman–Crippen MR) is 82.4 cm³/mol. The fraction of sp³-hybridized carbons (Fsp3) is 1.00. The van der Waals surface area contributed by atoms with Crippen LogP contribution in [-0.4, -0.2) is 54.6 Å². The molecule has 0 aromatic heterocycles. The molecular weight excluding hydrogens is 234 g/mol. The molecule has 0 spiro atoms. The van der Waals surface area contributed by atoms with Crippen LogP contribution in [-0.2, 0) is 0 Å². The molecule has 2 fully saturated rings. The summed E-state index contributed by atoms with van der Waals surface area (Å²) in [7, 11) is 2.29. The highest BCUT2D eigenvalue weighted by Gasteiger charge is 2.29. The van der Waals surface area contributed by atoms with Crippen LogP contribution in [0, 0.1) is 0 Å². The molecule has 112 valence electrons. The SMILES string of the molecule is CC1CCN(C2CCCCCC2)CC(CCN)N1C. The Balaban J connectivity index is 1.99. The van der Waals surface area contributed by atoms with Gasteiger partial charge in [-0.2, -0.15) is 0 Å². The van der Waals surface area contributed by atoms with Crippen LogP contribution in [0.1, 0.15) is 58.3 Å². The Morgan fingerprint density at radius 1 is 1.05 bits per heavy atom. The monoisotopic (exact) mass is 267 g/mol. The van der Waals surface area contributed by atoms with Gasteiger partial charge in [0.2, 0.25) is 0 Å². The zero-order valence-electron chi connectivity index (χ0n) is 13.0. The Bertz CT molecular complexity index is 248. The van der Waals surface area contributed by atoms with Crippen LogP contribution in [0.25, 0.3) is 0 Å². The van der Waals surface area contributed by atoms with Crippen molar-refractivity contribution < 1.29 is 0 Å². The molecule has 0 radical (unpaired) electrons. The highest BCUT2D eigenvalue weighted by Crippen LogP contribution is 2.25. The lowest BCUT2D eigenvalue weighted by molar-refractivity contribution is 0.139. The molecule has 2 unspecified atom stereocenters. The second kappa shape index (κ2) is 7.61. The van der Waals surface area contributed by atoms with E-state index < -0.39 is 0 Å². The maximum Gasteiger partial charge on any atom is 0.0235 e. The number of hydrogen-bond acceptors (Lipinski definition) is 3. The minimum atomic E-state index is 0.658. The molecule has 1 aliphatic carbocycles. The van der Waals surface area contributed by atoms with Crippen LogP contribution in [0.3, 0.4) is 0 Å². The van der Waals surface area contributed by atoms with Crippen LogP contribution in [0.4, 0.5) is 0 Å². The third-order valence-electron chi connectivity index (χ3n) is 5.39. The number of nitrogens with two attached hydrogens (primary N) is 1. The van der Waals surface area contributed by atoms with Crippen molar-refractivity contribution in [3.8, 4) is 0 Å². The van der Waals surface area contributed by atoms with Gasteiger partial charge in [0, 0.05) is 24.7 Å². The van der Waals surface area contributed by atoms with E-state index in [9.17, 15) is 0 Å². The van der Waals surface area contributed by atoms with Crippen molar-refractivity contribution in [1.82, 2.24) is 9.80 Å². The maximum absolute atomic E-state index is 5.82. The topological polar surface area (TPSA) is 32.5 Å². The van der Waals surface area contributed by atoms with Gasteiger partial charge >= 0.3 is 0 Å². The number of rotatable bonds is 3. The highest BCUT2D eigenvalue weighted by molar-refractivity contribution is 4.86. The van der Waals surface area contributed by atoms with E-state index in [2.05, 4.69) is 23.8 Å². The van der Waals surface area contributed by atoms with E-state index in [4.69, 9.17) is 5.73 Å². The summed E-state index contributed by atoms with van der Waals surface area (Å²) >= 11 is 0. The minimum Gasteiger partial charge on any atom is -0.330 e. The third kappa shape index (κ3) is 4.17. The van der Waals surface area contributed by atoms with Crippen molar-refractivity contribution in [2.24, 2.45) is 5.73 Å². The van der Waals surface area contributed by atoms with Gasteiger partial charge in [-0.05, 0) is 52.7 Å². The largest absolute Gasteiger partial charge is 0.330 e. The van der Waals surface area contributed by atoms with Crippen molar-refractivity contribution in [2.75, 3.05) is 26.7 Å². The van der Waals surface area contributed by atoms with E-state index in [0.29, 0.717) is 12.1 Å². The highest BCUT2D eigenvalue weighted by atomic mass is 15.3. The van der Waals surface area contributed by atoms with Crippen LogP contribution in [0.5, 0.6) is 0 Å². The summed E-state index contributed by atoms with van der Waals surface area (Å²) in [5.41, 5.74) is 5.82. The van der Waals surface area contributed by atoms with E-state index in [1.165, 1.54) is 58.0 Å². The first-order valence-electron chi connectivity index (χ1n) is 8.38. The average molecular weight is 267 g/mol. The zero-order chi connectivity index (χ0) is 13.7. The van der Waals surface area contributed by atoms with E-state index in [1.807, 2.05) is 0 Å². The van der Waals surface area contributed by atoms with E-state index in [1.54, 1.807) is 0 Å². The lowest BCUT2D eigenvalue weighted by Gasteiger charge is -2.34. The van der Waals surface area contributed by atoms with Gasteiger partial charge in [-0.1, -0.05) is 25.7 Å². The molecule has 19 heavy (non-hydrogen) atoms. The summed E-state index contributed by atoms with van der Waals surface area (Å²) in [5.74, 6) is 0. The number of likely N-dealkylation sites (N-methyl/N-ethyl adjacent to an activating group) is 1. The van der Waals surface area contributed by atoms with Gasteiger partial charge in [0.1, 0.15) is 0 Å². The Morgan fingerprint density at radius 3 is 2.37 bits per heavy atom. The summed E-state index contributed by atoms with van der Waals surface area (Å²) in [4.78, 5) is 5.37. The molecule has 2 aliphatic rings. The van der Waals surface area contributed by atoms with E-state index in [-0.39, 0.29) is 0 Å². The first-order valence-corrected chi connectivity index (χ1v) is 8.38. The Kier molecular flexibility index (Phi) is 6.11. The van der Waals surface area contributed by atoms with Crippen molar-refractivity contribution in [3.63, 3.8) is 0 Å². The molecule has 2 rings (SSSR count). The van der Waals surface area contributed by atoms with Crippen molar-refractivity contribution >= 4 is 0 Å². The number of nitrogens with zero attached hydrogens (tertiary/aromatic N) is 2. The van der Waals surface area contributed by atoms with E-state index in [0.717, 1.165) is 19.0 Å². The van der Waals surface area contributed by atoms with Crippen molar-refractivity contribution in [1.29, 1.82) is 0 Å². The molecule has 3 nitrogen and oxygen atoms in total. The van der Waals surface area contributed by atoms with Gasteiger partial charge in [0.15, 0.2) is 0 Å². The summed E-state index contributed by atoms with van der Waals surface area (Å²) in [6, 6.07) is 2.21. The Morgan fingerprint density at radius 2 is 1.74 bits per heavy atom. The molecule has 1 saturated carbocycles. The minimum absolute atomic E-state index is 0.658. The van der Waals surface area contributed by atoms with Gasteiger partial charge in [-0.3, -0.25) is 9.80 Å². The maximum atomic E-state index is 5.82. The predicted octanol–water partition coefficient (Wildman–Crippen LogP) is 2.45. The Hall–Kier alpha value is -0.120. The molecule has 1 saturated heterocycles. The summed E-state index contributed by atoms with van der Waals surface area (Å²) in [6.07, 6.45) is 11.1. The fourth-order valence-corrected chi connectivity index (χ4v) is 3.85. The molecule has 0 bridgehead atoms. The van der Waals surface area contributed by atoms with Crippen LogP contribution >= 0.6 is 0 Å². The molecule has 2 atom stereocenters. The van der Waals surface area contributed by atoms with Gasteiger partial charge in [-0.25, -0.2) is 0 Å². The summed E-state index contributed by atoms with van der Waals surface area (Å²) in [5, 5.41) is 0. The van der Waals surface area contributed by atoms with Crippen molar-refractivity contribution in [3.05, 3.63) is 0 Å². The van der Waals surface area contributed by atoms with Gasteiger partial charge in [-0.15, -0.1) is 0 Å². The van der Waals surface area contributed by atoms with Gasteiger partial charge in [0.25, 0.3) is 0 Å². The first-order chi connectivity index (χ1) is 9.22. The van der Waals surface area contributed by atoms with Gasteiger partial charge in [0.05, 0.1) is 0 Å². The molecule has 0 amide bonds. The summed E-state index contributed by atoms with van der Waals surface area (Å²) < 4.78 is 0. The summed E-state index contributed by atoms with van der Waals surface area (Å²) in [6.45, 7) is 5.72. The lowest BCUT2D eigenvalue weighted by atomic mass is 10.1. The number of hydrogen-bond donors (Lipinski definition) is 1. The van der Waals surface area contributed by atoms with Crippen LogP contribution in [0.15, 0.2) is 0 Å². The average Bonchev–Trinajstić information content (AvgIpc) is 2.75. The quantitative estimate of drug-likeness (QED) is 0.797.